The van der Waals surface area contributed by atoms with Crippen molar-refractivity contribution < 1.29 is 30.6 Å². The number of aryl methyl sites for hydroxylation is 3. The van der Waals surface area contributed by atoms with Gasteiger partial charge in [-0.1, -0.05) is 18.2 Å². The molecule has 6 nitrogen and oxygen atoms in total. The average molecular weight is 439 g/mol. The van der Waals surface area contributed by atoms with Gasteiger partial charge in [0.05, 0.1) is 19.8 Å². The van der Waals surface area contributed by atoms with Gasteiger partial charge in [0.1, 0.15) is 17.2 Å². The molecule has 0 saturated heterocycles. The zero-order valence-corrected chi connectivity index (χ0v) is 18.8. The first kappa shape index (κ1) is 23.6. The Morgan fingerprint density at radius 2 is 0.781 bits per heavy atom. The van der Waals surface area contributed by atoms with Crippen LogP contribution in [0.2, 0.25) is 0 Å². The smallest absolute Gasteiger partial charge is 0.124 e. The number of aliphatic hydroxyl groups is 3. The third-order valence-electron chi connectivity index (χ3n) is 6.38. The van der Waals surface area contributed by atoms with Crippen LogP contribution in [0.4, 0.5) is 0 Å². The molecule has 0 bridgehead atoms. The van der Waals surface area contributed by atoms with Crippen molar-refractivity contribution in [1.29, 1.82) is 0 Å². The maximum atomic E-state index is 10.4. The van der Waals surface area contributed by atoms with Gasteiger partial charge in [-0.05, 0) is 79.3 Å². The van der Waals surface area contributed by atoms with E-state index in [0.29, 0.717) is 33.4 Å². The van der Waals surface area contributed by atoms with E-state index in [0.717, 1.165) is 16.7 Å². The van der Waals surface area contributed by atoms with Gasteiger partial charge in [-0.3, -0.25) is 0 Å². The van der Waals surface area contributed by atoms with E-state index in [-0.39, 0.29) is 37.1 Å². The Morgan fingerprint density at radius 1 is 0.531 bits per heavy atom. The molecule has 3 aromatic carbocycles. The largest absolute Gasteiger partial charge is 0.507 e. The lowest BCUT2D eigenvalue weighted by Crippen LogP contribution is -2.27. The zero-order chi connectivity index (χ0) is 23.8. The predicted molar refractivity (Wildman–Crippen MR) is 122 cm³/mol. The fourth-order valence-electron chi connectivity index (χ4n) is 4.29. The molecule has 32 heavy (non-hydrogen) atoms. The molecule has 170 valence electrons. The maximum Gasteiger partial charge on any atom is 0.124 e. The average Bonchev–Trinajstić information content (AvgIpc) is 2.78. The van der Waals surface area contributed by atoms with E-state index < -0.39 is 5.41 Å². The van der Waals surface area contributed by atoms with Gasteiger partial charge in [0, 0.05) is 22.1 Å². The lowest BCUT2D eigenvalue weighted by Gasteiger charge is -2.34. The summed E-state index contributed by atoms with van der Waals surface area (Å²) in [6, 6.07) is 10.7. The standard InChI is InChI=1S/C26H30O6/c1-14-5-20(8-17(11-27)23(14)30)26(4,21-6-15(2)24(31)18(9-21)12-28)22-7-16(3)25(32)19(10-22)13-29/h5-10,27-32H,11-13H2,1-4H3. The van der Waals surface area contributed by atoms with E-state index >= 15 is 0 Å². The van der Waals surface area contributed by atoms with Crippen LogP contribution < -0.4 is 0 Å². The van der Waals surface area contributed by atoms with Crippen LogP contribution in [0, 0.1) is 20.8 Å². The molecule has 0 fully saturated rings. The highest BCUT2D eigenvalue weighted by Gasteiger charge is 2.34. The van der Waals surface area contributed by atoms with E-state index in [1.54, 1.807) is 39.0 Å². The highest BCUT2D eigenvalue weighted by Crippen LogP contribution is 2.44. The molecule has 6 heteroatoms. The van der Waals surface area contributed by atoms with Crippen LogP contribution in [0.3, 0.4) is 0 Å². The summed E-state index contributed by atoms with van der Waals surface area (Å²) in [6.45, 7) is 6.18. The second kappa shape index (κ2) is 8.82. The molecule has 0 unspecified atom stereocenters. The van der Waals surface area contributed by atoms with Crippen molar-refractivity contribution in [2.45, 2.75) is 52.9 Å². The van der Waals surface area contributed by atoms with Gasteiger partial charge in [0.25, 0.3) is 0 Å². The predicted octanol–water partition coefficient (Wildman–Crippen LogP) is 3.56. The Morgan fingerprint density at radius 3 is 1.00 bits per heavy atom. The van der Waals surface area contributed by atoms with Crippen LogP contribution in [0.5, 0.6) is 17.2 Å². The second-order valence-electron chi connectivity index (χ2n) is 8.50. The first-order valence-electron chi connectivity index (χ1n) is 10.4. The summed E-state index contributed by atoms with van der Waals surface area (Å²) in [5.41, 5.74) is 4.33. The van der Waals surface area contributed by atoms with Gasteiger partial charge in [0.15, 0.2) is 0 Å². The van der Waals surface area contributed by atoms with Crippen LogP contribution in [0.1, 0.15) is 57.0 Å². The number of aliphatic hydroxyl groups excluding tert-OH is 3. The number of aromatic hydroxyl groups is 3. The third-order valence-corrected chi connectivity index (χ3v) is 6.38. The first-order chi connectivity index (χ1) is 15.1. The Kier molecular flexibility index (Phi) is 6.51. The number of hydrogen-bond donors (Lipinski definition) is 6. The summed E-state index contributed by atoms with van der Waals surface area (Å²) >= 11 is 0. The summed E-state index contributed by atoms with van der Waals surface area (Å²) in [7, 11) is 0. The van der Waals surface area contributed by atoms with Crippen LogP contribution >= 0.6 is 0 Å². The van der Waals surface area contributed by atoms with Crippen molar-refractivity contribution in [2.24, 2.45) is 0 Å². The minimum absolute atomic E-state index is 0.0227. The Bertz CT molecular complexity index is 1020. The lowest BCUT2D eigenvalue weighted by atomic mass is 9.69. The van der Waals surface area contributed by atoms with Gasteiger partial charge < -0.3 is 30.6 Å². The van der Waals surface area contributed by atoms with Crippen molar-refractivity contribution in [3.05, 3.63) is 86.5 Å². The molecule has 0 atom stereocenters. The van der Waals surface area contributed by atoms with E-state index in [4.69, 9.17) is 0 Å². The van der Waals surface area contributed by atoms with Crippen LogP contribution in [-0.4, -0.2) is 30.6 Å². The monoisotopic (exact) mass is 438 g/mol. The summed E-state index contributed by atoms with van der Waals surface area (Å²) < 4.78 is 0. The SMILES string of the molecule is Cc1cc(C(C)(c2cc(C)c(O)c(CO)c2)c2cc(C)c(O)c(CO)c2)cc(CO)c1O. The van der Waals surface area contributed by atoms with E-state index in [1.165, 1.54) is 0 Å². The summed E-state index contributed by atoms with van der Waals surface area (Å²) in [5.74, 6) is 0.0680. The number of hydrogen-bond acceptors (Lipinski definition) is 6. The Labute approximate surface area is 187 Å². The molecule has 0 aliphatic carbocycles. The van der Waals surface area contributed by atoms with Gasteiger partial charge in [-0.15, -0.1) is 0 Å². The van der Waals surface area contributed by atoms with Crippen molar-refractivity contribution in [3.63, 3.8) is 0 Å². The summed E-state index contributed by atoms with van der Waals surface area (Å²) in [5, 5.41) is 60.5. The van der Waals surface area contributed by atoms with Crippen molar-refractivity contribution in [1.82, 2.24) is 0 Å². The molecular formula is C26H30O6. The fraction of sp³-hybridized carbons (Fsp3) is 0.308. The van der Waals surface area contributed by atoms with Crippen LogP contribution in [-0.2, 0) is 25.2 Å². The van der Waals surface area contributed by atoms with Crippen molar-refractivity contribution >= 4 is 0 Å². The lowest BCUT2D eigenvalue weighted by molar-refractivity contribution is 0.275. The molecule has 0 saturated carbocycles. The van der Waals surface area contributed by atoms with Crippen LogP contribution in [0.25, 0.3) is 0 Å². The van der Waals surface area contributed by atoms with Gasteiger partial charge >= 0.3 is 0 Å². The van der Waals surface area contributed by atoms with Gasteiger partial charge in [-0.25, -0.2) is 0 Å². The molecule has 0 aliphatic heterocycles. The Balaban J connectivity index is 2.45. The highest BCUT2D eigenvalue weighted by atomic mass is 16.3. The topological polar surface area (TPSA) is 121 Å². The molecule has 0 radical (unpaired) electrons. The minimum Gasteiger partial charge on any atom is -0.507 e. The zero-order valence-electron chi connectivity index (χ0n) is 18.8. The molecule has 0 spiro atoms. The molecule has 6 N–H and O–H groups in total. The fourth-order valence-corrected chi connectivity index (χ4v) is 4.29. The number of rotatable bonds is 6. The molecule has 0 aliphatic rings. The van der Waals surface area contributed by atoms with Crippen molar-refractivity contribution in [3.8, 4) is 17.2 Å². The third kappa shape index (κ3) is 3.81. The van der Waals surface area contributed by atoms with Crippen LogP contribution in [0.15, 0.2) is 36.4 Å². The van der Waals surface area contributed by atoms with E-state index in [1.807, 2.05) is 25.1 Å². The normalized spacial score (nSPS) is 11.7. The second-order valence-corrected chi connectivity index (χ2v) is 8.50. The number of phenols is 3. The number of benzene rings is 3. The van der Waals surface area contributed by atoms with E-state index in [2.05, 4.69) is 0 Å². The summed E-state index contributed by atoms with van der Waals surface area (Å²) in [4.78, 5) is 0. The molecular weight excluding hydrogens is 408 g/mol. The maximum absolute atomic E-state index is 10.4. The van der Waals surface area contributed by atoms with Gasteiger partial charge in [-0.2, -0.15) is 0 Å². The Hall–Kier alpha value is -3.06. The molecule has 3 aromatic rings. The quantitative estimate of drug-likeness (QED) is 0.327. The van der Waals surface area contributed by atoms with Gasteiger partial charge in [0.2, 0.25) is 0 Å². The van der Waals surface area contributed by atoms with E-state index in [9.17, 15) is 30.6 Å². The highest BCUT2D eigenvalue weighted by molar-refractivity contribution is 5.59. The minimum atomic E-state index is -0.868. The first-order valence-corrected chi connectivity index (χ1v) is 10.4. The molecule has 0 aromatic heterocycles. The molecule has 0 heterocycles. The molecule has 0 amide bonds. The van der Waals surface area contributed by atoms with Crippen molar-refractivity contribution in [2.75, 3.05) is 0 Å². The molecule has 3 rings (SSSR count). The summed E-state index contributed by atoms with van der Waals surface area (Å²) in [6.07, 6.45) is 0.